The Labute approximate surface area is 98.8 Å². The van der Waals surface area contributed by atoms with Crippen molar-refractivity contribution in [3.8, 4) is 11.1 Å². The average Bonchev–Trinajstić information content (AvgIpc) is 2.29. The number of primary sulfonamides is 1. The van der Waals surface area contributed by atoms with Gasteiger partial charge in [-0.3, -0.25) is 0 Å². The van der Waals surface area contributed by atoms with E-state index in [1.165, 1.54) is 30.3 Å². The Morgan fingerprint density at radius 1 is 0.941 bits per heavy atom. The number of sulfonamides is 1. The molecule has 0 aliphatic heterocycles. The first-order valence-electron chi connectivity index (χ1n) is 4.86. The van der Waals surface area contributed by atoms with Gasteiger partial charge in [0.05, 0.1) is 4.90 Å². The van der Waals surface area contributed by atoms with E-state index < -0.39 is 10.0 Å². The topological polar surface area (TPSA) is 60.2 Å². The number of rotatable bonds is 2. The maximum Gasteiger partial charge on any atom is 0.238 e. The summed E-state index contributed by atoms with van der Waals surface area (Å²) in [5.41, 5.74) is 1.03. The Hall–Kier alpha value is -1.72. The minimum atomic E-state index is -3.71. The quantitative estimate of drug-likeness (QED) is 0.888. The van der Waals surface area contributed by atoms with Gasteiger partial charge in [-0.05, 0) is 23.8 Å². The summed E-state index contributed by atoms with van der Waals surface area (Å²) in [4.78, 5) is 0.0117. The molecule has 0 saturated carbocycles. The lowest BCUT2D eigenvalue weighted by molar-refractivity contribution is 0.598. The van der Waals surface area contributed by atoms with E-state index in [2.05, 4.69) is 0 Å². The Morgan fingerprint density at radius 2 is 1.53 bits per heavy atom. The van der Waals surface area contributed by atoms with Gasteiger partial charge >= 0.3 is 0 Å². The second-order valence-corrected chi connectivity index (χ2v) is 5.11. The van der Waals surface area contributed by atoms with Crippen molar-refractivity contribution in [3.05, 3.63) is 54.3 Å². The van der Waals surface area contributed by atoms with Crippen molar-refractivity contribution in [1.82, 2.24) is 0 Å². The SMILES string of the molecule is NS(=O)(=O)c1ccc(-c2ccccc2F)cc1. The van der Waals surface area contributed by atoms with E-state index in [4.69, 9.17) is 5.14 Å². The second-order valence-electron chi connectivity index (χ2n) is 3.55. The highest BCUT2D eigenvalue weighted by Gasteiger charge is 2.08. The summed E-state index contributed by atoms with van der Waals surface area (Å²) in [7, 11) is -3.71. The van der Waals surface area contributed by atoms with Gasteiger partial charge < -0.3 is 0 Å². The summed E-state index contributed by atoms with van der Waals surface area (Å²) in [5.74, 6) is -0.351. The van der Waals surface area contributed by atoms with Crippen LogP contribution in [0.15, 0.2) is 53.4 Å². The van der Waals surface area contributed by atoms with E-state index in [1.807, 2.05) is 0 Å². The first-order chi connectivity index (χ1) is 7.98. The van der Waals surface area contributed by atoms with Crippen LogP contribution < -0.4 is 5.14 Å². The zero-order valence-electron chi connectivity index (χ0n) is 8.80. The van der Waals surface area contributed by atoms with Crippen LogP contribution in [0.1, 0.15) is 0 Å². The van der Waals surface area contributed by atoms with Crippen LogP contribution in [-0.4, -0.2) is 8.42 Å². The molecule has 17 heavy (non-hydrogen) atoms. The lowest BCUT2D eigenvalue weighted by atomic mass is 10.1. The van der Waals surface area contributed by atoms with E-state index in [0.717, 1.165) is 0 Å². The van der Waals surface area contributed by atoms with Crippen molar-refractivity contribution in [2.45, 2.75) is 4.90 Å². The molecule has 0 atom stereocenters. The Balaban J connectivity index is 2.47. The Morgan fingerprint density at radius 3 is 2.06 bits per heavy atom. The number of benzene rings is 2. The van der Waals surface area contributed by atoms with E-state index >= 15 is 0 Å². The lowest BCUT2D eigenvalue weighted by Gasteiger charge is -2.04. The summed E-state index contributed by atoms with van der Waals surface area (Å²) >= 11 is 0. The molecule has 2 aromatic carbocycles. The number of hydrogen-bond donors (Lipinski definition) is 1. The molecule has 0 radical (unpaired) electrons. The molecule has 2 aromatic rings. The molecule has 5 heteroatoms. The van der Waals surface area contributed by atoms with Crippen LogP contribution in [0, 0.1) is 5.82 Å². The van der Waals surface area contributed by atoms with Crippen LogP contribution in [0.3, 0.4) is 0 Å². The fourth-order valence-corrected chi connectivity index (χ4v) is 2.03. The highest BCUT2D eigenvalue weighted by Crippen LogP contribution is 2.23. The van der Waals surface area contributed by atoms with E-state index in [1.54, 1.807) is 18.2 Å². The van der Waals surface area contributed by atoms with Crippen molar-refractivity contribution in [2.24, 2.45) is 5.14 Å². The van der Waals surface area contributed by atoms with Crippen LogP contribution in [0.4, 0.5) is 4.39 Å². The van der Waals surface area contributed by atoms with Crippen molar-refractivity contribution >= 4 is 10.0 Å². The van der Waals surface area contributed by atoms with Crippen LogP contribution in [0.5, 0.6) is 0 Å². The first kappa shape index (κ1) is 11.8. The summed E-state index contributed by atoms with van der Waals surface area (Å²) in [6.07, 6.45) is 0. The van der Waals surface area contributed by atoms with Gasteiger partial charge in [0.2, 0.25) is 10.0 Å². The second kappa shape index (κ2) is 4.27. The van der Waals surface area contributed by atoms with Crippen molar-refractivity contribution in [3.63, 3.8) is 0 Å². The Bertz CT molecular complexity index is 636. The minimum Gasteiger partial charge on any atom is -0.225 e. The molecule has 2 N–H and O–H groups in total. The van der Waals surface area contributed by atoms with Gasteiger partial charge in [0, 0.05) is 5.56 Å². The molecule has 0 amide bonds. The van der Waals surface area contributed by atoms with Crippen LogP contribution >= 0.6 is 0 Å². The fraction of sp³-hybridized carbons (Fsp3) is 0. The predicted molar refractivity (Wildman–Crippen MR) is 63.2 cm³/mol. The summed E-state index contributed by atoms with van der Waals surface area (Å²) in [6.45, 7) is 0. The number of nitrogens with two attached hydrogens (primary N) is 1. The Kier molecular flexibility index (Phi) is 2.95. The van der Waals surface area contributed by atoms with Crippen molar-refractivity contribution < 1.29 is 12.8 Å². The lowest BCUT2D eigenvalue weighted by Crippen LogP contribution is -2.11. The number of hydrogen-bond acceptors (Lipinski definition) is 2. The smallest absolute Gasteiger partial charge is 0.225 e. The fourth-order valence-electron chi connectivity index (χ4n) is 1.52. The molecule has 3 nitrogen and oxygen atoms in total. The molecular weight excluding hydrogens is 241 g/mol. The van der Waals surface area contributed by atoms with Gasteiger partial charge in [0.1, 0.15) is 5.82 Å². The predicted octanol–water partition coefficient (Wildman–Crippen LogP) is 2.14. The third kappa shape index (κ3) is 2.51. The van der Waals surface area contributed by atoms with Gasteiger partial charge in [-0.25, -0.2) is 17.9 Å². The standard InChI is InChI=1S/C12H10FNO2S/c13-12-4-2-1-3-11(12)9-5-7-10(8-6-9)17(14,15)16/h1-8H,(H2,14,15,16). The van der Waals surface area contributed by atoms with Gasteiger partial charge in [-0.15, -0.1) is 0 Å². The molecule has 88 valence electrons. The molecule has 0 aromatic heterocycles. The molecule has 2 rings (SSSR count). The summed E-state index contributed by atoms with van der Waals surface area (Å²) < 4.78 is 35.6. The first-order valence-corrected chi connectivity index (χ1v) is 6.41. The molecule has 0 heterocycles. The molecule has 0 saturated heterocycles. The summed E-state index contributed by atoms with van der Waals surface area (Å²) in [5, 5.41) is 4.97. The van der Waals surface area contributed by atoms with Gasteiger partial charge in [-0.1, -0.05) is 30.3 Å². The van der Waals surface area contributed by atoms with Crippen LogP contribution in [0.25, 0.3) is 11.1 Å². The van der Waals surface area contributed by atoms with Crippen molar-refractivity contribution in [1.29, 1.82) is 0 Å². The number of halogens is 1. The van der Waals surface area contributed by atoms with E-state index in [9.17, 15) is 12.8 Å². The molecule has 0 fully saturated rings. The molecule has 0 aliphatic rings. The minimum absolute atomic E-state index is 0.0117. The van der Waals surface area contributed by atoms with E-state index in [-0.39, 0.29) is 10.7 Å². The molecular formula is C12H10FNO2S. The highest BCUT2D eigenvalue weighted by atomic mass is 32.2. The monoisotopic (exact) mass is 251 g/mol. The van der Waals surface area contributed by atoms with Gasteiger partial charge in [0.25, 0.3) is 0 Å². The maximum absolute atomic E-state index is 13.5. The zero-order valence-corrected chi connectivity index (χ0v) is 9.62. The van der Waals surface area contributed by atoms with Crippen LogP contribution in [0.2, 0.25) is 0 Å². The highest BCUT2D eigenvalue weighted by molar-refractivity contribution is 7.89. The van der Waals surface area contributed by atoms with Gasteiger partial charge in [0.15, 0.2) is 0 Å². The third-order valence-corrected chi connectivity index (χ3v) is 3.30. The molecule has 0 unspecified atom stereocenters. The van der Waals surface area contributed by atoms with Crippen molar-refractivity contribution in [2.75, 3.05) is 0 Å². The third-order valence-electron chi connectivity index (χ3n) is 2.37. The molecule has 0 bridgehead atoms. The molecule has 0 spiro atoms. The van der Waals surface area contributed by atoms with E-state index in [0.29, 0.717) is 11.1 Å². The normalized spacial score (nSPS) is 11.4. The summed E-state index contributed by atoms with van der Waals surface area (Å²) in [6, 6.07) is 12.1. The molecule has 0 aliphatic carbocycles. The average molecular weight is 251 g/mol. The van der Waals surface area contributed by atoms with Crippen LogP contribution in [-0.2, 0) is 10.0 Å². The zero-order chi connectivity index (χ0) is 12.5. The largest absolute Gasteiger partial charge is 0.238 e. The maximum atomic E-state index is 13.5. The van der Waals surface area contributed by atoms with Gasteiger partial charge in [-0.2, -0.15) is 0 Å².